The molecule has 2 aromatic carbocycles. The third-order valence-corrected chi connectivity index (χ3v) is 5.84. The third-order valence-electron chi connectivity index (χ3n) is 5.01. The lowest BCUT2D eigenvalue weighted by Gasteiger charge is -2.35. The van der Waals surface area contributed by atoms with Gasteiger partial charge in [-0.1, -0.05) is 48.5 Å². The molecule has 1 amide bonds. The van der Waals surface area contributed by atoms with Crippen LogP contribution in [0.25, 0.3) is 11.6 Å². The van der Waals surface area contributed by atoms with E-state index in [0.717, 1.165) is 35.1 Å². The van der Waals surface area contributed by atoms with Crippen molar-refractivity contribution in [1.82, 2.24) is 9.88 Å². The van der Waals surface area contributed by atoms with E-state index in [1.807, 2.05) is 77.2 Å². The quantitative estimate of drug-likeness (QED) is 0.475. The molecule has 0 unspecified atom stereocenters. The summed E-state index contributed by atoms with van der Waals surface area (Å²) in [4.78, 5) is 22.0. The normalized spacial score (nSPS) is 14.7. The second kappa shape index (κ2) is 8.92. The number of hydrogen-bond acceptors (Lipinski definition) is 5. The van der Waals surface area contributed by atoms with Gasteiger partial charge in [0, 0.05) is 48.9 Å². The van der Waals surface area contributed by atoms with E-state index in [4.69, 9.17) is 4.74 Å². The number of aromatic nitrogens is 1. The lowest BCUT2D eigenvalue weighted by molar-refractivity contribution is -0.125. The van der Waals surface area contributed by atoms with Crippen molar-refractivity contribution in [2.75, 3.05) is 38.2 Å². The summed E-state index contributed by atoms with van der Waals surface area (Å²) >= 11 is 1.63. The SMILES string of the molecule is COc1ccccc1/C=C(/C(=O)N1CCN(c2nccs2)CC1)c1ccccc1. The molecule has 0 atom stereocenters. The first-order valence-corrected chi connectivity index (χ1v) is 10.5. The number of hydrogen-bond donors (Lipinski definition) is 0. The summed E-state index contributed by atoms with van der Waals surface area (Å²) in [5.41, 5.74) is 2.48. The van der Waals surface area contributed by atoms with Crippen molar-refractivity contribution in [1.29, 1.82) is 0 Å². The van der Waals surface area contributed by atoms with Gasteiger partial charge in [0.05, 0.1) is 7.11 Å². The second-order valence-electron chi connectivity index (χ2n) is 6.76. The first-order chi connectivity index (χ1) is 14.3. The Labute approximate surface area is 174 Å². The summed E-state index contributed by atoms with van der Waals surface area (Å²) in [5, 5.41) is 3.00. The number of ether oxygens (including phenoxy) is 1. The van der Waals surface area contributed by atoms with Crippen LogP contribution in [0.3, 0.4) is 0 Å². The van der Waals surface area contributed by atoms with E-state index < -0.39 is 0 Å². The van der Waals surface area contributed by atoms with Crippen LogP contribution in [0.15, 0.2) is 66.2 Å². The van der Waals surface area contributed by atoms with Gasteiger partial charge in [-0.2, -0.15) is 0 Å². The Morgan fingerprint density at radius 1 is 1.03 bits per heavy atom. The van der Waals surface area contributed by atoms with E-state index >= 15 is 0 Å². The Bertz CT molecular complexity index is 978. The predicted octanol–water partition coefficient (Wildman–Crippen LogP) is 4.04. The van der Waals surface area contributed by atoms with E-state index in [2.05, 4.69) is 9.88 Å². The van der Waals surface area contributed by atoms with Crippen LogP contribution in [0.5, 0.6) is 5.75 Å². The topological polar surface area (TPSA) is 45.7 Å². The standard InChI is InChI=1S/C23H23N3O2S/c1-28-21-10-6-5-9-19(21)17-20(18-7-3-2-4-8-18)22(27)25-12-14-26(15-13-25)23-24-11-16-29-23/h2-11,16-17H,12-15H2,1H3/b20-17+. The second-order valence-corrected chi connectivity index (χ2v) is 7.63. The molecular weight excluding hydrogens is 382 g/mol. The minimum Gasteiger partial charge on any atom is -0.496 e. The Kier molecular flexibility index (Phi) is 5.91. The van der Waals surface area contributed by atoms with E-state index in [9.17, 15) is 4.79 Å². The fourth-order valence-electron chi connectivity index (χ4n) is 3.47. The molecule has 6 heteroatoms. The van der Waals surface area contributed by atoms with E-state index in [0.29, 0.717) is 18.7 Å². The number of benzene rings is 2. The Morgan fingerprint density at radius 2 is 1.76 bits per heavy atom. The highest BCUT2D eigenvalue weighted by atomic mass is 32.1. The zero-order valence-corrected chi connectivity index (χ0v) is 17.1. The molecule has 29 heavy (non-hydrogen) atoms. The Morgan fingerprint density at radius 3 is 2.45 bits per heavy atom. The largest absolute Gasteiger partial charge is 0.496 e. The van der Waals surface area contributed by atoms with Crippen molar-refractivity contribution in [3.05, 3.63) is 77.3 Å². The number of anilines is 1. The monoisotopic (exact) mass is 405 g/mol. The average Bonchev–Trinajstić information content (AvgIpc) is 3.33. The van der Waals surface area contributed by atoms with Gasteiger partial charge in [-0.25, -0.2) is 4.98 Å². The molecule has 1 saturated heterocycles. The average molecular weight is 406 g/mol. The first kappa shape index (κ1) is 19.2. The van der Waals surface area contributed by atoms with Crippen LogP contribution in [-0.4, -0.2) is 49.1 Å². The molecule has 4 rings (SSSR count). The number of piperazine rings is 1. The van der Waals surface area contributed by atoms with Crippen molar-refractivity contribution >= 4 is 34.0 Å². The molecule has 0 spiro atoms. The van der Waals surface area contributed by atoms with Crippen LogP contribution < -0.4 is 9.64 Å². The molecule has 0 aliphatic carbocycles. The van der Waals surface area contributed by atoms with Gasteiger partial charge in [-0.3, -0.25) is 4.79 Å². The number of methoxy groups -OCH3 is 1. The van der Waals surface area contributed by atoms with Crippen molar-refractivity contribution in [3.63, 3.8) is 0 Å². The van der Waals surface area contributed by atoms with Gasteiger partial charge < -0.3 is 14.5 Å². The number of thiazole rings is 1. The van der Waals surface area contributed by atoms with Crippen LogP contribution in [0.4, 0.5) is 5.13 Å². The number of carbonyl (C=O) groups excluding carboxylic acids is 1. The van der Waals surface area contributed by atoms with Crippen molar-refractivity contribution < 1.29 is 9.53 Å². The van der Waals surface area contributed by atoms with Crippen LogP contribution in [0, 0.1) is 0 Å². The molecular formula is C23H23N3O2S. The molecule has 148 valence electrons. The van der Waals surface area contributed by atoms with E-state index in [1.54, 1.807) is 18.4 Å². The smallest absolute Gasteiger partial charge is 0.254 e. The minimum atomic E-state index is 0.0425. The van der Waals surface area contributed by atoms with Gasteiger partial charge in [0.1, 0.15) is 5.75 Å². The lowest BCUT2D eigenvalue weighted by atomic mass is 10.0. The number of carbonyl (C=O) groups is 1. The van der Waals surface area contributed by atoms with Gasteiger partial charge in [-0.15, -0.1) is 11.3 Å². The van der Waals surface area contributed by atoms with Gasteiger partial charge in [0.2, 0.25) is 0 Å². The Hall–Kier alpha value is -3.12. The molecule has 1 fully saturated rings. The van der Waals surface area contributed by atoms with Crippen LogP contribution in [-0.2, 0) is 4.79 Å². The molecule has 5 nitrogen and oxygen atoms in total. The fourth-order valence-corrected chi connectivity index (χ4v) is 4.17. The molecule has 3 aromatic rings. The van der Waals surface area contributed by atoms with Crippen molar-refractivity contribution in [2.24, 2.45) is 0 Å². The molecule has 0 bridgehead atoms. The minimum absolute atomic E-state index is 0.0425. The van der Waals surface area contributed by atoms with Crippen LogP contribution >= 0.6 is 11.3 Å². The first-order valence-electron chi connectivity index (χ1n) is 9.60. The molecule has 0 radical (unpaired) electrons. The number of nitrogens with zero attached hydrogens (tertiary/aromatic N) is 3. The molecule has 0 N–H and O–H groups in total. The molecule has 1 aromatic heterocycles. The van der Waals surface area contributed by atoms with Crippen molar-refractivity contribution in [3.8, 4) is 5.75 Å². The highest BCUT2D eigenvalue weighted by Gasteiger charge is 2.25. The zero-order valence-electron chi connectivity index (χ0n) is 16.3. The van der Waals surface area contributed by atoms with Gasteiger partial charge in [-0.05, 0) is 17.7 Å². The summed E-state index contributed by atoms with van der Waals surface area (Å²) in [6.07, 6.45) is 3.75. The molecule has 0 saturated carbocycles. The van der Waals surface area contributed by atoms with Gasteiger partial charge in [0.15, 0.2) is 5.13 Å². The van der Waals surface area contributed by atoms with Crippen molar-refractivity contribution in [2.45, 2.75) is 0 Å². The maximum atomic E-state index is 13.5. The maximum Gasteiger partial charge on any atom is 0.254 e. The molecule has 2 heterocycles. The summed E-state index contributed by atoms with van der Waals surface area (Å²) in [5.74, 6) is 0.795. The highest BCUT2D eigenvalue weighted by molar-refractivity contribution is 7.13. The summed E-state index contributed by atoms with van der Waals surface area (Å²) in [7, 11) is 1.65. The predicted molar refractivity (Wildman–Crippen MR) is 118 cm³/mol. The highest BCUT2D eigenvalue weighted by Crippen LogP contribution is 2.27. The fraction of sp³-hybridized carbons (Fsp3) is 0.217. The molecule has 1 aliphatic rings. The van der Waals surface area contributed by atoms with E-state index in [-0.39, 0.29) is 5.91 Å². The van der Waals surface area contributed by atoms with Gasteiger partial charge >= 0.3 is 0 Å². The van der Waals surface area contributed by atoms with Gasteiger partial charge in [0.25, 0.3) is 5.91 Å². The van der Waals surface area contributed by atoms with Crippen LogP contribution in [0.2, 0.25) is 0 Å². The Balaban J connectivity index is 1.60. The molecule has 1 aliphatic heterocycles. The third kappa shape index (κ3) is 4.32. The summed E-state index contributed by atoms with van der Waals surface area (Å²) in [6.45, 7) is 2.93. The summed E-state index contributed by atoms with van der Waals surface area (Å²) in [6, 6.07) is 17.6. The lowest BCUT2D eigenvalue weighted by Crippen LogP contribution is -2.49. The number of para-hydroxylation sites is 1. The van der Waals surface area contributed by atoms with Crippen LogP contribution in [0.1, 0.15) is 11.1 Å². The number of amides is 1. The zero-order chi connectivity index (χ0) is 20.1. The van der Waals surface area contributed by atoms with E-state index in [1.165, 1.54) is 0 Å². The summed E-state index contributed by atoms with van der Waals surface area (Å²) < 4.78 is 5.48. The number of rotatable bonds is 5. The maximum absolute atomic E-state index is 13.5.